The van der Waals surface area contributed by atoms with E-state index in [9.17, 15) is 14.4 Å². The molecule has 0 bridgehead atoms. The van der Waals surface area contributed by atoms with Crippen LogP contribution < -0.4 is 19.1 Å². The van der Waals surface area contributed by atoms with E-state index in [0.717, 1.165) is 12.1 Å². The third-order valence-electron chi connectivity index (χ3n) is 6.54. The van der Waals surface area contributed by atoms with Crippen LogP contribution in [0.3, 0.4) is 0 Å². The van der Waals surface area contributed by atoms with Crippen LogP contribution in [0.15, 0.2) is 36.4 Å². The van der Waals surface area contributed by atoms with Crippen molar-refractivity contribution in [2.45, 2.75) is 33.2 Å². The van der Waals surface area contributed by atoms with Gasteiger partial charge >= 0.3 is 0 Å². The number of quaternary nitrogens is 1. The Labute approximate surface area is 219 Å². The van der Waals surface area contributed by atoms with E-state index >= 15 is 0 Å². The molecule has 37 heavy (non-hydrogen) atoms. The van der Waals surface area contributed by atoms with Crippen LogP contribution in [-0.2, 0) is 9.59 Å². The molecule has 0 radical (unpaired) electrons. The number of methoxy groups -OCH3 is 2. The van der Waals surface area contributed by atoms with Gasteiger partial charge in [0.25, 0.3) is 5.91 Å². The fourth-order valence-electron chi connectivity index (χ4n) is 4.64. The van der Waals surface area contributed by atoms with Crippen molar-refractivity contribution in [3.63, 3.8) is 0 Å². The molecule has 8 nitrogen and oxygen atoms in total. The van der Waals surface area contributed by atoms with Crippen LogP contribution in [0.25, 0.3) is 0 Å². The SMILES string of the molecule is COc1ccc(C2C(C(=O)c3ccc(OCC(C)C)c(C)c3)C(=O)C(=O)N2CCC[NH+](C)C)cc1OC. The van der Waals surface area contributed by atoms with Crippen LogP contribution in [0.5, 0.6) is 17.2 Å². The summed E-state index contributed by atoms with van der Waals surface area (Å²) < 4.78 is 16.7. The first kappa shape index (κ1) is 28.2. The Morgan fingerprint density at radius 1 is 1.00 bits per heavy atom. The van der Waals surface area contributed by atoms with Crippen LogP contribution in [0, 0.1) is 18.8 Å². The molecule has 2 unspecified atom stereocenters. The lowest BCUT2D eigenvalue weighted by atomic mass is 9.85. The summed E-state index contributed by atoms with van der Waals surface area (Å²) in [6.45, 7) is 7.77. The average Bonchev–Trinajstić information content (AvgIpc) is 3.11. The highest BCUT2D eigenvalue weighted by molar-refractivity contribution is 6.44. The minimum atomic E-state index is -1.15. The van der Waals surface area contributed by atoms with Crippen LogP contribution in [-0.4, -0.2) is 70.4 Å². The van der Waals surface area contributed by atoms with Gasteiger partial charge in [0.2, 0.25) is 5.78 Å². The highest BCUT2D eigenvalue weighted by Gasteiger charge is 2.51. The summed E-state index contributed by atoms with van der Waals surface area (Å²) >= 11 is 0. The number of aryl methyl sites for hydroxylation is 1. The van der Waals surface area contributed by atoms with Gasteiger partial charge in [-0.1, -0.05) is 19.9 Å². The van der Waals surface area contributed by atoms with Crippen LogP contribution in [0.2, 0.25) is 0 Å². The minimum Gasteiger partial charge on any atom is -0.493 e. The normalized spacial score (nSPS) is 17.6. The molecule has 8 heteroatoms. The third-order valence-corrected chi connectivity index (χ3v) is 6.54. The Balaban J connectivity index is 2.01. The fraction of sp³-hybridized carbons (Fsp3) is 0.483. The number of ether oxygens (including phenoxy) is 3. The smallest absolute Gasteiger partial charge is 0.291 e. The number of benzene rings is 2. The summed E-state index contributed by atoms with van der Waals surface area (Å²) in [7, 11) is 7.13. The second kappa shape index (κ2) is 12.2. The van der Waals surface area contributed by atoms with Gasteiger partial charge in [0.1, 0.15) is 11.7 Å². The maximum atomic E-state index is 13.8. The maximum absolute atomic E-state index is 13.8. The standard InChI is InChI=1S/C29H38N2O6/c1-18(2)17-37-22-11-10-21(15-19(22)3)27(32)25-26(20-9-12-23(35-6)24(16-20)36-7)31(29(34)28(25)33)14-8-13-30(4)5/h9-12,15-16,18,25-26H,8,13-14,17H2,1-7H3/p+1. The van der Waals surface area contributed by atoms with Crippen LogP contribution in [0.4, 0.5) is 0 Å². The number of rotatable bonds is 12. The maximum Gasteiger partial charge on any atom is 0.291 e. The molecule has 0 saturated carbocycles. The number of amides is 1. The van der Waals surface area contributed by atoms with Crippen LogP contribution in [0.1, 0.15) is 47.8 Å². The number of nitrogens with zero attached hydrogens (tertiary/aromatic N) is 1. The van der Waals surface area contributed by atoms with E-state index in [4.69, 9.17) is 14.2 Å². The number of hydrogen-bond acceptors (Lipinski definition) is 6. The van der Waals surface area contributed by atoms with Crippen molar-refractivity contribution in [3.05, 3.63) is 53.1 Å². The molecule has 1 amide bonds. The van der Waals surface area contributed by atoms with E-state index in [2.05, 4.69) is 13.8 Å². The first-order valence-corrected chi connectivity index (χ1v) is 12.7. The number of Topliss-reactive ketones (excluding diaryl/α,β-unsaturated/α-hetero) is 2. The molecular formula is C29H39N2O6+. The Morgan fingerprint density at radius 3 is 2.27 bits per heavy atom. The van der Waals surface area contributed by atoms with Gasteiger partial charge in [-0.25, -0.2) is 0 Å². The molecule has 1 aliphatic heterocycles. The van der Waals surface area contributed by atoms with Crippen molar-refractivity contribution >= 4 is 17.5 Å². The highest BCUT2D eigenvalue weighted by atomic mass is 16.5. The molecule has 0 aromatic heterocycles. The summed E-state index contributed by atoms with van der Waals surface area (Å²) in [5.41, 5.74) is 1.84. The molecule has 1 aliphatic rings. The summed E-state index contributed by atoms with van der Waals surface area (Å²) in [5.74, 6) is -0.774. The van der Waals surface area contributed by atoms with E-state index in [1.807, 2.05) is 21.0 Å². The highest BCUT2D eigenvalue weighted by Crippen LogP contribution is 2.41. The van der Waals surface area contributed by atoms with Crippen molar-refractivity contribution in [2.24, 2.45) is 11.8 Å². The van der Waals surface area contributed by atoms with Gasteiger partial charge in [0.05, 0.1) is 47.5 Å². The van der Waals surface area contributed by atoms with Gasteiger partial charge in [0.15, 0.2) is 17.3 Å². The zero-order chi connectivity index (χ0) is 27.3. The summed E-state index contributed by atoms with van der Waals surface area (Å²) in [6.07, 6.45) is 0.701. The number of nitrogens with one attached hydrogen (secondary N) is 1. The predicted octanol–water partition coefficient (Wildman–Crippen LogP) is 2.53. The van der Waals surface area contributed by atoms with Crippen molar-refractivity contribution in [2.75, 3.05) is 48.0 Å². The second-order valence-corrected chi connectivity index (χ2v) is 10.3. The molecular weight excluding hydrogens is 472 g/mol. The molecule has 2 aromatic rings. The Hall–Kier alpha value is -3.39. The number of hydrogen-bond donors (Lipinski definition) is 1. The molecule has 3 rings (SSSR count). The van der Waals surface area contributed by atoms with E-state index in [0.29, 0.717) is 53.9 Å². The molecule has 2 atom stereocenters. The number of carbonyl (C=O) groups excluding carboxylic acids is 3. The van der Waals surface area contributed by atoms with Gasteiger partial charge < -0.3 is 24.0 Å². The van der Waals surface area contributed by atoms with Crippen molar-refractivity contribution < 1.29 is 33.5 Å². The molecule has 1 saturated heterocycles. The number of ketones is 2. The lowest BCUT2D eigenvalue weighted by Crippen LogP contribution is -3.05. The lowest BCUT2D eigenvalue weighted by molar-refractivity contribution is -0.858. The quantitative estimate of drug-likeness (QED) is 0.268. The molecule has 200 valence electrons. The Bertz CT molecular complexity index is 1140. The summed E-state index contributed by atoms with van der Waals surface area (Å²) in [6, 6.07) is 9.70. The van der Waals surface area contributed by atoms with Crippen LogP contribution >= 0.6 is 0 Å². The van der Waals surface area contributed by atoms with Gasteiger partial charge in [0, 0.05) is 18.5 Å². The number of carbonyl (C=O) groups is 3. The third kappa shape index (κ3) is 6.31. The average molecular weight is 512 g/mol. The first-order valence-electron chi connectivity index (χ1n) is 12.7. The van der Waals surface area contributed by atoms with E-state index in [1.165, 1.54) is 12.0 Å². The second-order valence-electron chi connectivity index (χ2n) is 10.3. The summed E-state index contributed by atoms with van der Waals surface area (Å²) in [4.78, 5) is 43.1. The molecule has 0 spiro atoms. The topological polar surface area (TPSA) is 86.6 Å². The van der Waals surface area contributed by atoms with Crippen molar-refractivity contribution in [3.8, 4) is 17.2 Å². The Kier molecular flexibility index (Phi) is 9.32. The van der Waals surface area contributed by atoms with E-state index < -0.39 is 23.7 Å². The number of likely N-dealkylation sites (tertiary alicyclic amines) is 1. The molecule has 1 fully saturated rings. The molecule has 1 N–H and O–H groups in total. The van der Waals surface area contributed by atoms with E-state index in [-0.39, 0.29) is 5.78 Å². The fourth-order valence-corrected chi connectivity index (χ4v) is 4.64. The largest absolute Gasteiger partial charge is 0.493 e. The predicted molar refractivity (Wildman–Crippen MR) is 141 cm³/mol. The molecule has 0 aliphatic carbocycles. The minimum absolute atomic E-state index is 0.366. The van der Waals surface area contributed by atoms with Crippen molar-refractivity contribution in [1.29, 1.82) is 0 Å². The monoisotopic (exact) mass is 511 g/mol. The van der Waals surface area contributed by atoms with Gasteiger partial charge in [-0.05, 0) is 54.3 Å². The molecule has 2 aromatic carbocycles. The summed E-state index contributed by atoms with van der Waals surface area (Å²) in [5, 5.41) is 0. The van der Waals surface area contributed by atoms with Crippen molar-refractivity contribution in [1.82, 2.24) is 4.90 Å². The zero-order valence-electron chi connectivity index (χ0n) is 22.9. The van der Waals surface area contributed by atoms with E-state index in [1.54, 1.807) is 48.4 Å². The Morgan fingerprint density at radius 2 is 1.68 bits per heavy atom. The van der Waals surface area contributed by atoms with Gasteiger partial charge in [-0.3, -0.25) is 14.4 Å². The lowest BCUT2D eigenvalue weighted by Gasteiger charge is -2.28. The zero-order valence-corrected chi connectivity index (χ0v) is 22.9. The van der Waals surface area contributed by atoms with Gasteiger partial charge in [-0.2, -0.15) is 0 Å². The van der Waals surface area contributed by atoms with Gasteiger partial charge in [-0.15, -0.1) is 0 Å². The molecule has 1 heterocycles. The first-order chi connectivity index (χ1) is 17.6.